The number of hydrogen-bond acceptors (Lipinski definition) is 5. The van der Waals surface area contributed by atoms with Crippen LogP contribution in [0.5, 0.6) is 17.2 Å². The molecule has 2 aromatic rings. The highest BCUT2D eigenvalue weighted by atomic mass is 16.5. The molecule has 0 atom stereocenters. The molecule has 0 amide bonds. The van der Waals surface area contributed by atoms with Gasteiger partial charge in [-0.1, -0.05) is 12.1 Å². The first-order valence-corrected chi connectivity index (χ1v) is 6.14. The van der Waals surface area contributed by atoms with Crippen LogP contribution in [0, 0.1) is 0 Å². The third kappa shape index (κ3) is 3.06. The highest BCUT2D eigenvalue weighted by molar-refractivity contribution is 5.95. The third-order valence-electron chi connectivity index (χ3n) is 2.93. The monoisotopic (exact) mass is 289 g/mol. The summed E-state index contributed by atoms with van der Waals surface area (Å²) in [5.74, 6) is -0.101. The second-order valence-corrected chi connectivity index (χ2v) is 4.27. The Kier molecular flexibility index (Phi) is 4.30. The Morgan fingerprint density at radius 2 is 1.95 bits per heavy atom. The van der Waals surface area contributed by atoms with E-state index in [1.165, 1.54) is 13.2 Å². The number of aliphatic hydroxyl groups is 1. The molecule has 21 heavy (non-hydrogen) atoms. The summed E-state index contributed by atoms with van der Waals surface area (Å²) in [4.78, 5) is 11.0. The lowest BCUT2D eigenvalue weighted by Crippen LogP contribution is -2.04. The molecule has 0 spiro atoms. The summed E-state index contributed by atoms with van der Waals surface area (Å²) in [6.07, 6.45) is 0. The van der Waals surface area contributed by atoms with Gasteiger partial charge in [0.05, 0.1) is 25.0 Å². The number of methoxy groups -OCH3 is 1. The molecule has 2 aromatic carbocycles. The maximum atomic E-state index is 11.0. The number of carboxylic acid groups (broad SMARTS) is 1. The van der Waals surface area contributed by atoms with Crippen LogP contribution in [0.15, 0.2) is 36.4 Å². The first-order valence-electron chi connectivity index (χ1n) is 6.14. The van der Waals surface area contributed by atoms with Crippen molar-refractivity contribution in [3.8, 4) is 17.2 Å². The van der Waals surface area contributed by atoms with Gasteiger partial charge in [-0.3, -0.25) is 0 Å². The van der Waals surface area contributed by atoms with Gasteiger partial charge in [-0.15, -0.1) is 0 Å². The lowest BCUT2D eigenvalue weighted by atomic mass is 10.1. The zero-order valence-corrected chi connectivity index (χ0v) is 11.4. The number of carboxylic acids is 1. The molecule has 0 aliphatic carbocycles. The van der Waals surface area contributed by atoms with Crippen molar-refractivity contribution in [1.29, 1.82) is 0 Å². The summed E-state index contributed by atoms with van der Waals surface area (Å²) in [7, 11) is 1.47. The minimum atomic E-state index is -1.12. The molecule has 0 heterocycles. The van der Waals surface area contributed by atoms with Crippen LogP contribution in [0.1, 0.15) is 15.9 Å². The number of nitrogens with two attached hydrogens (primary N) is 1. The molecule has 0 saturated carbocycles. The molecule has 0 aromatic heterocycles. The van der Waals surface area contributed by atoms with Crippen LogP contribution < -0.4 is 15.2 Å². The number of aliphatic hydroxyl groups excluding tert-OH is 1. The van der Waals surface area contributed by atoms with Gasteiger partial charge in [-0.2, -0.15) is 0 Å². The second-order valence-electron chi connectivity index (χ2n) is 4.27. The molecule has 110 valence electrons. The van der Waals surface area contributed by atoms with Gasteiger partial charge in [0.15, 0.2) is 17.2 Å². The van der Waals surface area contributed by atoms with Gasteiger partial charge in [0.1, 0.15) is 0 Å². The topological polar surface area (TPSA) is 102 Å². The average Bonchev–Trinajstić information content (AvgIpc) is 2.49. The smallest absolute Gasteiger partial charge is 0.337 e. The summed E-state index contributed by atoms with van der Waals surface area (Å²) in [5, 5.41) is 18.1. The Hall–Kier alpha value is -2.73. The van der Waals surface area contributed by atoms with Crippen molar-refractivity contribution in [2.75, 3.05) is 12.8 Å². The molecule has 0 saturated heterocycles. The minimum Gasteiger partial charge on any atom is -0.493 e. The standard InChI is InChI=1S/C15H15NO5/c1-20-13-7-9(8-17)5-6-11(13)21-12-4-2-3-10(14(12)16)15(18)19/h2-7,17H,8,16H2,1H3,(H,18,19). The summed E-state index contributed by atoms with van der Waals surface area (Å²) in [5.41, 5.74) is 6.48. The zero-order chi connectivity index (χ0) is 15.4. The highest BCUT2D eigenvalue weighted by Gasteiger charge is 2.14. The fraction of sp³-hybridized carbons (Fsp3) is 0.133. The zero-order valence-electron chi connectivity index (χ0n) is 11.4. The van der Waals surface area contributed by atoms with Crippen molar-refractivity contribution in [3.05, 3.63) is 47.5 Å². The van der Waals surface area contributed by atoms with Crippen molar-refractivity contribution in [3.63, 3.8) is 0 Å². The lowest BCUT2D eigenvalue weighted by Gasteiger charge is -2.13. The van der Waals surface area contributed by atoms with Gasteiger partial charge in [-0.25, -0.2) is 4.79 Å². The van der Waals surface area contributed by atoms with E-state index >= 15 is 0 Å². The Bertz CT molecular complexity index is 669. The van der Waals surface area contributed by atoms with E-state index in [9.17, 15) is 4.79 Å². The third-order valence-corrected chi connectivity index (χ3v) is 2.93. The largest absolute Gasteiger partial charge is 0.493 e. The fourth-order valence-corrected chi connectivity index (χ4v) is 1.83. The number of anilines is 1. The Morgan fingerprint density at radius 1 is 1.19 bits per heavy atom. The quantitative estimate of drug-likeness (QED) is 0.730. The van der Waals surface area contributed by atoms with Gasteiger partial charge < -0.3 is 25.4 Å². The maximum Gasteiger partial charge on any atom is 0.337 e. The molecule has 0 unspecified atom stereocenters. The van der Waals surface area contributed by atoms with E-state index in [4.69, 9.17) is 25.4 Å². The molecule has 6 nitrogen and oxygen atoms in total. The SMILES string of the molecule is COc1cc(CO)ccc1Oc1cccc(C(=O)O)c1N. The minimum absolute atomic E-state index is 0.0292. The van der Waals surface area contributed by atoms with Crippen LogP contribution >= 0.6 is 0 Å². The fourth-order valence-electron chi connectivity index (χ4n) is 1.83. The lowest BCUT2D eigenvalue weighted by molar-refractivity contribution is 0.0697. The number of para-hydroxylation sites is 1. The number of nitrogen functional groups attached to an aromatic ring is 1. The van der Waals surface area contributed by atoms with Gasteiger partial charge in [-0.05, 0) is 29.8 Å². The summed E-state index contributed by atoms with van der Waals surface area (Å²) in [6.45, 7) is -0.118. The van der Waals surface area contributed by atoms with Crippen molar-refractivity contribution >= 4 is 11.7 Å². The van der Waals surface area contributed by atoms with Crippen LogP contribution in [-0.4, -0.2) is 23.3 Å². The number of ether oxygens (including phenoxy) is 2. The summed E-state index contributed by atoms with van der Waals surface area (Å²) < 4.78 is 10.8. The predicted molar refractivity (Wildman–Crippen MR) is 76.8 cm³/mol. The van der Waals surface area contributed by atoms with Gasteiger partial charge >= 0.3 is 5.97 Å². The molecule has 2 rings (SSSR count). The van der Waals surface area contributed by atoms with E-state index < -0.39 is 5.97 Å². The Morgan fingerprint density at radius 3 is 2.57 bits per heavy atom. The average molecular weight is 289 g/mol. The van der Waals surface area contributed by atoms with Crippen molar-refractivity contribution < 1.29 is 24.5 Å². The predicted octanol–water partition coefficient (Wildman–Crippen LogP) is 2.26. The molecular weight excluding hydrogens is 274 g/mol. The van der Waals surface area contributed by atoms with E-state index in [1.807, 2.05) is 0 Å². The van der Waals surface area contributed by atoms with E-state index in [0.717, 1.165) is 0 Å². The molecule has 0 aliphatic heterocycles. The highest BCUT2D eigenvalue weighted by Crippen LogP contribution is 2.35. The van der Waals surface area contributed by atoms with Gasteiger partial charge in [0, 0.05) is 0 Å². The van der Waals surface area contributed by atoms with E-state index in [1.54, 1.807) is 30.3 Å². The maximum absolute atomic E-state index is 11.0. The van der Waals surface area contributed by atoms with E-state index in [2.05, 4.69) is 0 Å². The number of benzene rings is 2. The molecule has 0 radical (unpaired) electrons. The van der Waals surface area contributed by atoms with Crippen LogP contribution in [0.25, 0.3) is 0 Å². The second kappa shape index (κ2) is 6.15. The van der Waals surface area contributed by atoms with Crippen molar-refractivity contribution in [2.24, 2.45) is 0 Å². The first-order chi connectivity index (χ1) is 10.1. The molecule has 4 N–H and O–H groups in total. The molecule has 0 fully saturated rings. The number of hydrogen-bond donors (Lipinski definition) is 3. The normalized spacial score (nSPS) is 10.2. The summed E-state index contributed by atoms with van der Waals surface area (Å²) >= 11 is 0. The summed E-state index contributed by atoms with van der Waals surface area (Å²) in [6, 6.07) is 9.44. The Labute approximate surface area is 121 Å². The molecule has 0 aliphatic rings. The van der Waals surface area contributed by atoms with Crippen molar-refractivity contribution in [1.82, 2.24) is 0 Å². The molecule has 6 heteroatoms. The van der Waals surface area contributed by atoms with Crippen LogP contribution in [0.4, 0.5) is 5.69 Å². The molecular formula is C15H15NO5. The van der Waals surface area contributed by atoms with E-state index in [0.29, 0.717) is 17.1 Å². The van der Waals surface area contributed by atoms with Crippen LogP contribution in [0.2, 0.25) is 0 Å². The number of carbonyl (C=O) groups is 1. The number of aromatic carboxylic acids is 1. The van der Waals surface area contributed by atoms with Gasteiger partial charge in [0.2, 0.25) is 0 Å². The van der Waals surface area contributed by atoms with Crippen LogP contribution in [-0.2, 0) is 6.61 Å². The van der Waals surface area contributed by atoms with E-state index in [-0.39, 0.29) is 23.6 Å². The van der Waals surface area contributed by atoms with Crippen molar-refractivity contribution in [2.45, 2.75) is 6.61 Å². The first kappa shape index (κ1) is 14.7. The molecule has 0 bridgehead atoms. The van der Waals surface area contributed by atoms with Gasteiger partial charge in [0.25, 0.3) is 0 Å². The van der Waals surface area contributed by atoms with Crippen LogP contribution in [0.3, 0.4) is 0 Å². The Balaban J connectivity index is 2.38. The number of rotatable bonds is 5.